The average Bonchev–Trinajstić information content (AvgIpc) is 2.82. The van der Waals surface area contributed by atoms with Gasteiger partial charge in [-0.1, -0.05) is 0 Å². The van der Waals surface area contributed by atoms with Gasteiger partial charge in [-0.05, 0) is 4.92 Å². The first-order chi connectivity index (χ1) is 9.93. The van der Waals surface area contributed by atoms with Gasteiger partial charge in [0, 0.05) is 24.8 Å². The van der Waals surface area contributed by atoms with Gasteiger partial charge in [-0.15, -0.1) is 23.2 Å². The van der Waals surface area contributed by atoms with Crippen molar-refractivity contribution < 1.29 is 14.0 Å². The van der Waals surface area contributed by atoms with E-state index >= 15 is 0 Å². The van der Waals surface area contributed by atoms with Crippen LogP contribution in [0.1, 0.15) is 5.82 Å². The second-order valence-corrected chi connectivity index (χ2v) is 6.62. The first kappa shape index (κ1) is 18.3. The molecule has 0 amide bonds. The molecule has 1 heterocycles. The number of rotatable bonds is 10. The van der Waals surface area contributed by atoms with Crippen molar-refractivity contribution in [1.82, 2.24) is 19.7 Å². The topological polar surface area (TPSA) is 111 Å². The van der Waals surface area contributed by atoms with Crippen LogP contribution in [0, 0.1) is 10.1 Å². The largest absolute Gasteiger partial charge is 0.358 e. The minimum Gasteiger partial charge on any atom is -0.358 e. The molecule has 12 heteroatoms. The monoisotopic (exact) mass is 359 g/mol. The minimum absolute atomic E-state index is 0.161. The molecule has 1 aromatic heterocycles. The van der Waals surface area contributed by atoms with Crippen LogP contribution in [-0.4, -0.2) is 39.3 Å². The third-order valence-corrected chi connectivity index (χ3v) is 4.60. The summed E-state index contributed by atoms with van der Waals surface area (Å²) >= 11 is 11.1. The number of hydrogen-bond acceptors (Lipinski definition) is 5. The number of nitro groups is 1. The van der Waals surface area contributed by atoms with Crippen LogP contribution < -0.4 is 10.2 Å². The quantitative estimate of drug-likeness (QED) is 0.282. The van der Waals surface area contributed by atoms with E-state index in [9.17, 15) is 14.7 Å². The molecule has 1 rings (SSSR count). The second-order valence-electron chi connectivity index (χ2n) is 3.87. The Bertz CT molecular complexity index is 514. The molecule has 0 aliphatic carbocycles. The van der Waals surface area contributed by atoms with Crippen LogP contribution in [0.2, 0.25) is 0 Å². The molecule has 9 nitrogen and oxygen atoms in total. The van der Waals surface area contributed by atoms with Gasteiger partial charge in [0.05, 0.1) is 7.05 Å². The van der Waals surface area contributed by atoms with Crippen molar-refractivity contribution in [3.05, 3.63) is 22.1 Å². The van der Waals surface area contributed by atoms with Gasteiger partial charge in [-0.2, -0.15) is 0 Å². The summed E-state index contributed by atoms with van der Waals surface area (Å²) in [7, 11) is -1.86. The summed E-state index contributed by atoms with van der Waals surface area (Å²) in [6.07, 6.45) is 1.11. The van der Waals surface area contributed by atoms with Gasteiger partial charge in [0.25, 0.3) is 0 Å². The lowest BCUT2D eigenvalue weighted by atomic mass is 10.6. The maximum absolute atomic E-state index is 12.4. The number of imidazole rings is 1. The first-order valence-electron chi connectivity index (χ1n) is 5.95. The van der Waals surface area contributed by atoms with Crippen LogP contribution in [0.3, 0.4) is 0 Å². The van der Waals surface area contributed by atoms with Gasteiger partial charge in [0.1, 0.15) is 12.8 Å². The van der Waals surface area contributed by atoms with E-state index in [1.54, 1.807) is 0 Å². The highest BCUT2D eigenvalue weighted by molar-refractivity contribution is 7.54. The van der Waals surface area contributed by atoms with Crippen molar-refractivity contribution in [3.8, 4) is 0 Å². The summed E-state index contributed by atoms with van der Waals surface area (Å²) < 4.78 is 19.0. The van der Waals surface area contributed by atoms with Crippen LogP contribution in [0.25, 0.3) is 0 Å². The molecule has 21 heavy (non-hydrogen) atoms. The van der Waals surface area contributed by atoms with Crippen LogP contribution >= 0.6 is 30.9 Å². The normalized spacial score (nSPS) is 11.8. The molecule has 2 N–H and O–H groups in total. The Kier molecular flexibility index (Phi) is 7.58. The molecule has 0 aliphatic heterocycles. The van der Waals surface area contributed by atoms with Crippen LogP contribution in [0.5, 0.6) is 0 Å². The summed E-state index contributed by atoms with van der Waals surface area (Å²) in [5, 5.41) is 16.0. The van der Waals surface area contributed by atoms with E-state index in [0.29, 0.717) is 0 Å². The van der Waals surface area contributed by atoms with Gasteiger partial charge in [-0.3, -0.25) is 9.09 Å². The highest BCUT2D eigenvalue weighted by Gasteiger charge is 2.24. The first-order valence-corrected chi connectivity index (χ1v) is 8.64. The zero-order valence-corrected chi connectivity index (χ0v) is 13.7. The predicted molar refractivity (Wildman–Crippen MR) is 79.7 cm³/mol. The maximum Gasteiger partial charge on any atom is 0.342 e. The van der Waals surface area contributed by atoms with Gasteiger partial charge in [-0.25, -0.2) is 19.7 Å². The lowest BCUT2D eigenvalue weighted by molar-refractivity contribution is -0.391. The average molecular weight is 360 g/mol. The molecule has 0 fully saturated rings. The van der Waals surface area contributed by atoms with Crippen molar-refractivity contribution in [1.29, 1.82) is 0 Å². The van der Waals surface area contributed by atoms with E-state index in [2.05, 4.69) is 15.2 Å². The van der Waals surface area contributed by atoms with E-state index in [0.717, 1.165) is 6.20 Å². The van der Waals surface area contributed by atoms with Gasteiger partial charge < -0.3 is 10.1 Å². The zero-order chi connectivity index (χ0) is 15.9. The van der Waals surface area contributed by atoms with Crippen molar-refractivity contribution in [2.75, 3.05) is 24.8 Å². The summed E-state index contributed by atoms with van der Waals surface area (Å²) in [6, 6.07) is 0. The third kappa shape index (κ3) is 5.54. The Balaban J connectivity index is 2.72. The fraction of sp³-hybridized carbons (Fsp3) is 0.667. The Morgan fingerprint density at radius 1 is 1.43 bits per heavy atom. The molecule has 0 saturated carbocycles. The molecule has 0 bridgehead atoms. The van der Waals surface area contributed by atoms with E-state index in [4.69, 9.17) is 27.7 Å². The molecule has 0 atom stereocenters. The number of aromatic nitrogens is 2. The Labute approximate surface area is 131 Å². The SMILES string of the molecule is Cn1c([N+](=O)[O-])cnc1COP(=O)(NCCCl)NCCCl. The zero-order valence-electron chi connectivity index (χ0n) is 11.3. The Hall–Kier alpha value is -0.700. The molecule has 0 spiro atoms. The predicted octanol–water partition coefficient (Wildman–Crippen LogP) is 1.61. The second kappa shape index (κ2) is 8.67. The molecule has 0 saturated heterocycles. The molecule has 120 valence electrons. The molecule has 1 aromatic rings. The van der Waals surface area contributed by atoms with Crippen molar-refractivity contribution >= 4 is 36.7 Å². The highest BCUT2D eigenvalue weighted by Crippen LogP contribution is 2.38. The van der Waals surface area contributed by atoms with E-state index in [-0.39, 0.29) is 43.1 Å². The number of halogens is 2. The highest BCUT2D eigenvalue weighted by atomic mass is 35.5. The van der Waals surface area contributed by atoms with Gasteiger partial charge in [0.2, 0.25) is 5.82 Å². The Morgan fingerprint density at radius 3 is 2.43 bits per heavy atom. The van der Waals surface area contributed by atoms with Gasteiger partial charge in [0.15, 0.2) is 0 Å². The smallest absolute Gasteiger partial charge is 0.342 e. The maximum atomic E-state index is 12.4. The van der Waals surface area contributed by atoms with Crippen LogP contribution in [-0.2, 0) is 22.7 Å². The summed E-state index contributed by atoms with van der Waals surface area (Å²) in [4.78, 5) is 14.0. The van der Waals surface area contributed by atoms with Crippen molar-refractivity contribution in [2.45, 2.75) is 6.61 Å². The summed E-state index contributed by atoms with van der Waals surface area (Å²) in [5.41, 5.74) is 0. The van der Waals surface area contributed by atoms with E-state index in [1.807, 2.05) is 0 Å². The third-order valence-electron chi connectivity index (χ3n) is 2.45. The molecular formula is C9H16Cl2N5O4P. The van der Waals surface area contributed by atoms with Gasteiger partial charge >= 0.3 is 13.5 Å². The van der Waals surface area contributed by atoms with E-state index < -0.39 is 12.6 Å². The van der Waals surface area contributed by atoms with Crippen molar-refractivity contribution in [3.63, 3.8) is 0 Å². The standard InChI is InChI=1S/C9H16Cl2N5O4P/c1-15-8(12-6-9(15)16(17)18)7-20-21(19,13-4-2-10)14-5-3-11/h6H,2-5,7H2,1H3,(H2,13,14,19). The summed E-state index contributed by atoms with van der Waals surface area (Å²) in [5.74, 6) is 0.612. The Morgan fingerprint density at radius 2 is 2.00 bits per heavy atom. The van der Waals surface area contributed by atoms with Crippen molar-refractivity contribution in [2.24, 2.45) is 7.05 Å². The lowest BCUT2D eigenvalue weighted by Gasteiger charge is -2.19. The number of alkyl halides is 2. The molecule has 0 radical (unpaired) electrons. The summed E-state index contributed by atoms with van der Waals surface area (Å²) in [6.45, 7) is 0.385. The minimum atomic E-state index is -3.34. The molecule has 0 aliphatic rings. The lowest BCUT2D eigenvalue weighted by Crippen LogP contribution is -2.27. The number of nitrogens with zero attached hydrogens (tertiary/aromatic N) is 3. The number of hydrogen-bond donors (Lipinski definition) is 2. The molecule has 0 unspecified atom stereocenters. The fourth-order valence-corrected chi connectivity index (χ4v) is 3.27. The molecule has 0 aromatic carbocycles. The molecular weight excluding hydrogens is 344 g/mol. The van der Waals surface area contributed by atoms with Crippen LogP contribution in [0.15, 0.2) is 6.20 Å². The fourth-order valence-electron chi connectivity index (χ4n) is 1.42. The number of nitrogens with one attached hydrogen (secondary N) is 2. The van der Waals surface area contributed by atoms with Crippen LogP contribution in [0.4, 0.5) is 5.82 Å². The van der Waals surface area contributed by atoms with E-state index in [1.165, 1.54) is 11.6 Å².